The van der Waals surface area contributed by atoms with Gasteiger partial charge in [0.1, 0.15) is 6.54 Å². The molecular weight excluding hydrogens is 438 g/mol. The summed E-state index contributed by atoms with van der Waals surface area (Å²) < 4.78 is 1.64. The lowest BCUT2D eigenvalue weighted by Gasteiger charge is -2.15. The third-order valence-corrected chi connectivity index (χ3v) is 6.06. The molecule has 0 aliphatic heterocycles. The lowest BCUT2D eigenvalue weighted by Crippen LogP contribution is -2.24. The molecule has 0 fully saturated rings. The fraction of sp³-hybridized carbons (Fsp3) is 0.154. The summed E-state index contributed by atoms with van der Waals surface area (Å²) in [6.45, 7) is 5.64. The van der Waals surface area contributed by atoms with Crippen LogP contribution in [0.3, 0.4) is 0 Å². The van der Waals surface area contributed by atoms with Crippen molar-refractivity contribution in [1.82, 2.24) is 9.55 Å². The van der Waals surface area contributed by atoms with Gasteiger partial charge >= 0.3 is 0 Å². The number of ketones is 1. The van der Waals surface area contributed by atoms with Crippen LogP contribution in [0, 0.1) is 20.8 Å². The number of hydrogen-bond acceptors (Lipinski definition) is 4. The van der Waals surface area contributed by atoms with Gasteiger partial charge in [-0.2, -0.15) is 0 Å². The maximum absolute atomic E-state index is 13.2. The molecule has 0 saturated carbocycles. The highest BCUT2D eigenvalue weighted by atomic mass is 35.5. The maximum Gasteiger partial charge on any atom is 0.244 e. The first-order chi connectivity index (χ1) is 15.7. The van der Waals surface area contributed by atoms with Crippen molar-refractivity contribution in [3.63, 3.8) is 0 Å². The number of hydrogen-bond donors (Lipinski definition) is 1. The molecule has 0 aliphatic rings. The first-order valence-corrected chi connectivity index (χ1v) is 10.8. The van der Waals surface area contributed by atoms with E-state index in [0.717, 1.165) is 16.7 Å². The number of carbonyl (C=O) groups is 2. The minimum Gasteiger partial charge on any atom is -0.337 e. The van der Waals surface area contributed by atoms with Gasteiger partial charge in [-0.3, -0.25) is 19.4 Å². The Morgan fingerprint density at radius 2 is 1.67 bits per heavy atom. The summed E-state index contributed by atoms with van der Waals surface area (Å²) in [5, 5.41) is 3.78. The van der Waals surface area contributed by atoms with Gasteiger partial charge in [0.05, 0.1) is 11.1 Å². The molecule has 0 unspecified atom stereocenters. The number of benzene rings is 2. The molecule has 0 aliphatic carbocycles. The van der Waals surface area contributed by atoms with Crippen LogP contribution < -0.4 is 10.7 Å². The minimum atomic E-state index is -0.415. The van der Waals surface area contributed by atoms with E-state index in [-0.39, 0.29) is 23.4 Å². The van der Waals surface area contributed by atoms with Crippen LogP contribution in [0.1, 0.15) is 32.6 Å². The Bertz CT molecular complexity index is 1460. The average molecular weight is 460 g/mol. The van der Waals surface area contributed by atoms with Gasteiger partial charge < -0.3 is 9.88 Å². The third kappa shape index (κ3) is 4.56. The van der Waals surface area contributed by atoms with E-state index < -0.39 is 5.78 Å². The highest BCUT2D eigenvalue weighted by molar-refractivity contribution is 6.31. The van der Waals surface area contributed by atoms with Gasteiger partial charge in [0, 0.05) is 40.3 Å². The number of nitrogens with one attached hydrogen (secondary N) is 1. The Labute approximate surface area is 195 Å². The summed E-state index contributed by atoms with van der Waals surface area (Å²) in [6, 6.07) is 12.0. The van der Waals surface area contributed by atoms with Crippen molar-refractivity contribution in [3.8, 4) is 0 Å². The molecule has 0 spiro atoms. The number of fused-ring (bicyclic) bond motifs is 1. The monoisotopic (exact) mass is 459 g/mol. The molecule has 1 N–H and O–H groups in total. The molecule has 166 valence electrons. The molecule has 2 heterocycles. The van der Waals surface area contributed by atoms with Crippen molar-refractivity contribution >= 4 is 39.9 Å². The van der Waals surface area contributed by atoms with E-state index in [4.69, 9.17) is 11.6 Å². The molecular formula is C26H22ClN3O3. The predicted molar refractivity (Wildman–Crippen MR) is 130 cm³/mol. The Balaban J connectivity index is 1.78. The fourth-order valence-corrected chi connectivity index (χ4v) is 3.81. The van der Waals surface area contributed by atoms with Crippen LogP contribution >= 0.6 is 11.6 Å². The predicted octanol–water partition coefficient (Wildman–Crippen LogP) is 4.84. The minimum absolute atomic E-state index is 0.00290. The molecule has 0 atom stereocenters. The number of halogens is 1. The topological polar surface area (TPSA) is 81.1 Å². The summed E-state index contributed by atoms with van der Waals surface area (Å²) in [5.74, 6) is -0.720. The number of aryl methyl sites for hydroxylation is 3. The van der Waals surface area contributed by atoms with E-state index in [9.17, 15) is 14.4 Å². The number of pyridine rings is 2. The van der Waals surface area contributed by atoms with Gasteiger partial charge in [-0.15, -0.1) is 0 Å². The second-order valence-corrected chi connectivity index (χ2v) is 8.44. The van der Waals surface area contributed by atoms with E-state index >= 15 is 0 Å². The number of nitrogens with zero attached hydrogens (tertiary/aromatic N) is 2. The fourth-order valence-electron chi connectivity index (χ4n) is 3.63. The Morgan fingerprint density at radius 1 is 0.970 bits per heavy atom. The summed E-state index contributed by atoms with van der Waals surface area (Å²) in [4.78, 5) is 43.1. The molecule has 7 heteroatoms. The van der Waals surface area contributed by atoms with E-state index in [2.05, 4.69) is 10.3 Å². The average Bonchev–Trinajstić information content (AvgIpc) is 2.79. The lowest BCUT2D eigenvalue weighted by molar-refractivity contribution is -0.116. The number of carbonyl (C=O) groups excluding carboxylic acids is 2. The SMILES string of the molecule is Cc1cc2c(=O)c(C(=O)c3ccncc3)cn(CC(=O)Nc3ccc(C)c(Cl)c3)c2cc1C. The van der Waals surface area contributed by atoms with Gasteiger partial charge in [0.25, 0.3) is 0 Å². The zero-order chi connectivity index (χ0) is 23.7. The van der Waals surface area contributed by atoms with Crippen molar-refractivity contribution in [3.05, 3.63) is 104 Å². The van der Waals surface area contributed by atoms with Crippen LogP contribution in [0.4, 0.5) is 5.69 Å². The Hall–Kier alpha value is -3.77. The van der Waals surface area contributed by atoms with Crippen LogP contribution in [-0.2, 0) is 11.3 Å². The number of rotatable bonds is 5. The second kappa shape index (κ2) is 9.00. The molecule has 33 heavy (non-hydrogen) atoms. The lowest BCUT2D eigenvalue weighted by atomic mass is 10.0. The molecule has 2 aromatic carbocycles. The van der Waals surface area contributed by atoms with Crippen molar-refractivity contribution in [2.75, 3.05) is 5.32 Å². The van der Waals surface area contributed by atoms with Crippen molar-refractivity contribution in [2.45, 2.75) is 27.3 Å². The molecule has 0 saturated heterocycles. The molecule has 6 nitrogen and oxygen atoms in total. The van der Waals surface area contributed by atoms with Gasteiger partial charge in [0.15, 0.2) is 5.78 Å². The zero-order valence-electron chi connectivity index (χ0n) is 18.5. The molecule has 4 aromatic rings. The molecule has 4 rings (SSSR count). The summed E-state index contributed by atoms with van der Waals surface area (Å²) in [6.07, 6.45) is 4.46. The third-order valence-electron chi connectivity index (χ3n) is 5.65. The first-order valence-electron chi connectivity index (χ1n) is 10.4. The summed E-state index contributed by atoms with van der Waals surface area (Å²) >= 11 is 6.17. The van der Waals surface area contributed by atoms with Gasteiger partial charge in [-0.25, -0.2) is 0 Å². The highest BCUT2D eigenvalue weighted by Gasteiger charge is 2.19. The summed E-state index contributed by atoms with van der Waals surface area (Å²) in [5.41, 5.74) is 3.97. The zero-order valence-corrected chi connectivity index (χ0v) is 19.2. The first kappa shape index (κ1) is 22.4. The van der Waals surface area contributed by atoms with E-state index in [1.165, 1.54) is 18.6 Å². The van der Waals surface area contributed by atoms with Crippen LogP contribution in [0.15, 0.2) is 65.8 Å². The second-order valence-electron chi connectivity index (χ2n) is 8.03. The van der Waals surface area contributed by atoms with Crippen LogP contribution in [0.5, 0.6) is 0 Å². The van der Waals surface area contributed by atoms with Gasteiger partial charge in [-0.05, 0) is 73.9 Å². The Kier molecular flexibility index (Phi) is 6.11. The van der Waals surface area contributed by atoms with Crippen molar-refractivity contribution in [1.29, 1.82) is 0 Å². The largest absolute Gasteiger partial charge is 0.337 e. The standard InChI is InChI=1S/C26H22ClN3O3/c1-15-4-5-19(12-22(15)27)29-24(31)14-30-13-21(25(32)18-6-8-28-9-7-18)26(33)20-10-16(2)17(3)11-23(20)30/h4-13H,14H2,1-3H3,(H,29,31). The number of anilines is 1. The molecule has 1 amide bonds. The van der Waals surface area contributed by atoms with E-state index in [0.29, 0.717) is 27.2 Å². The number of amides is 1. The Morgan fingerprint density at radius 3 is 2.36 bits per heavy atom. The van der Waals surface area contributed by atoms with E-state index in [1.807, 2.05) is 32.9 Å². The van der Waals surface area contributed by atoms with Crippen LogP contribution in [-0.4, -0.2) is 21.2 Å². The normalized spacial score (nSPS) is 10.9. The molecule has 0 radical (unpaired) electrons. The van der Waals surface area contributed by atoms with E-state index in [1.54, 1.807) is 34.9 Å². The van der Waals surface area contributed by atoms with Crippen molar-refractivity contribution in [2.24, 2.45) is 0 Å². The quantitative estimate of drug-likeness (QED) is 0.433. The smallest absolute Gasteiger partial charge is 0.244 e. The van der Waals surface area contributed by atoms with Crippen LogP contribution in [0.25, 0.3) is 10.9 Å². The van der Waals surface area contributed by atoms with Crippen molar-refractivity contribution < 1.29 is 9.59 Å². The van der Waals surface area contributed by atoms with Crippen LogP contribution in [0.2, 0.25) is 5.02 Å². The van der Waals surface area contributed by atoms with Gasteiger partial charge in [-0.1, -0.05) is 17.7 Å². The molecule has 0 bridgehead atoms. The molecule has 2 aromatic heterocycles. The highest BCUT2D eigenvalue weighted by Crippen LogP contribution is 2.21. The summed E-state index contributed by atoms with van der Waals surface area (Å²) in [7, 11) is 0. The maximum atomic E-state index is 13.2. The number of aromatic nitrogens is 2. The van der Waals surface area contributed by atoms with Gasteiger partial charge in [0.2, 0.25) is 11.3 Å².